The van der Waals surface area contributed by atoms with Crippen LogP contribution >= 0.6 is 11.6 Å². The Kier molecular flexibility index (Phi) is 3.98. The number of benzene rings is 1. The quantitative estimate of drug-likeness (QED) is 0.923. The monoisotopic (exact) mass is 335 g/mol. The molecule has 0 aromatic heterocycles. The molecule has 1 amide bonds. The number of ether oxygens (including phenoxy) is 1. The van der Waals surface area contributed by atoms with E-state index in [9.17, 15) is 9.90 Å². The number of rotatable bonds is 3. The molecule has 2 heterocycles. The molecule has 0 bridgehead atoms. The molecule has 3 aliphatic rings. The molecule has 2 fully saturated rings. The van der Waals surface area contributed by atoms with E-state index in [0.29, 0.717) is 23.9 Å². The van der Waals surface area contributed by atoms with Gasteiger partial charge in [-0.25, -0.2) is 0 Å². The molecule has 5 heteroatoms. The smallest absolute Gasteiger partial charge is 0.223 e. The van der Waals surface area contributed by atoms with Crippen LogP contribution in [-0.4, -0.2) is 35.2 Å². The lowest BCUT2D eigenvalue weighted by atomic mass is 9.98. The predicted octanol–water partition coefficient (Wildman–Crippen LogP) is 3.17. The minimum atomic E-state index is -0.152. The van der Waals surface area contributed by atoms with E-state index >= 15 is 0 Å². The Hall–Kier alpha value is -1.26. The highest BCUT2D eigenvalue weighted by atomic mass is 35.5. The van der Waals surface area contributed by atoms with E-state index in [1.165, 1.54) is 12.8 Å². The van der Waals surface area contributed by atoms with E-state index < -0.39 is 0 Å². The number of aliphatic hydroxyl groups is 1. The van der Waals surface area contributed by atoms with Gasteiger partial charge in [-0.05, 0) is 37.0 Å². The number of carbonyl (C=O) groups is 1. The first kappa shape index (κ1) is 15.3. The highest BCUT2D eigenvalue weighted by Gasteiger charge is 2.50. The van der Waals surface area contributed by atoms with Gasteiger partial charge >= 0.3 is 0 Å². The first-order chi connectivity index (χ1) is 11.2. The second-order valence-corrected chi connectivity index (χ2v) is 7.49. The maximum Gasteiger partial charge on any atom is 0.223 e. The molecule has 1 aromatic carbocycles. The van der Waals surface area contributed by atoms with Crippen LogP contribution in [0.1, 0.15) is 43.7 Å². The molecule has 124 valence electrons. The number of amides is 1. The number of fused-ring (bicyclic) bond motifs is 3. The van der Waals surface area contributed by atoms with Gasteiger partial charge in [0.2, 0.25) is 5.91 Å². The molecular formula is C18H22ClNO3. The molecule has 0 unspecified atom stereocenters. The van der Waals surface area contributed by atoms with Crippen molar-refractivity contribution < 1.29 is 14.6 Å². The van der Waals surface area contributed by atoms with Crippen LogP contribution in [0, 0.1) is 11.8 Å². The SMILES string of the molecule is O=C(CC1CCCC1)N1C[C@@H](CO)[C@@H]2Oc3ccc(Cl)cc3[C@@H]21. The Morgan fingerprint density at radius 1 is 1.35 bits per heavy atom. The third kappa shape index (κ3) is 2.62. The summed E-state index contributed by atoms with van der Waals surface area (Å²) in [4.78, 5) is 14.8. The second-order valence-electron chi connectivity index (χ2n) is 7.05. The van der Waals surface area contributed by atoms with Crippen molar-refractivity contribution in [3.05, 3.63) is 28.8 Å². The Morgan fingerprint density at radius 2 is 2.13 bits per heavy atom. The summed E-state index contributed by atoms with van der Waals surface area (Å²) in [5.74, 6) is 1.48. The lowest BCUT2D eigenvalue weighted by Gasteiger charge is -2.24. The van der Waals surface area contributed by atoms with Crippen molar-refractivity contribution in [1.29, 1.82) is 0 Å². The molecule has 1 saturated carbocycles. The number of hydrogen-bond acceptors (Lipinski definition) is 3. The molecule has 23 heavy (non-hydrogen) atoms. The number of carbonyl (C=O) groups excluding carboxylic acids is 1. The van der Waals surface area contributed by atoms with Gasteiger partial charge in [0.25, 0.3) is 0 Å². The molecule has 1 saturated heterocycles. The van der Waals surface area contributed by atoms with Crippen LogP contribution in [0.25, 0.3) is 0 Å². The molecule has 1 aliphatic carbocycles. The normalized spacial score (nSPS) is 29.5. The first-order valence-electron chi connectivity index (χ1n) is 8.54. The highest BCUT2D eigenvalue weighted by molar-refractivity contribution is 6.30. The Labute approximate surface area is 141 Å². The summed E-state index contributed by atoms with van der Waals surface area (Å²) in [5, 5.41) is 10.3. The summed E-state index contributed by atoms with van der Waals surface area (Å²) in [5.41, 5.74) is 0.984. The minimum Gasteiger partial charge on any atom is -0.487 e. The van der Waals surface area contributed by atoms with Crippen LogP contribution in [0.5, 0.6) is 5.75 Å². The van der Waals surface area contributed by atoms with Crippen molar-refractivity contribution >= 4 is 17.5 Å². The number of nitrogens with zero attached hydrogens (tertiary/aromatic N) is 1. The zero-order chi connectivity index (χ0) is 16.0. The predicted molar refractivity (Wildman–Crippen MR) is 87.5 cm³/mol. The topological polar surface area (TPSA) is 49.8 Å². The lowest BCUT2D eigenvalue weighted by molar-refractivity contribution is -0.133. The molecular weight excluding hydrogens is 314 g/mol. The van der Waals surface area contributed by atoms with Gasteiger partial charge in [-0.3, -0.25) is 4.79 Å². The zero-order valence-electron chi connectivity index (χ0n) is 13.1. The van der Waals surface area contributed by atoms with Crippen molar-refractivity contribution in [1.82, 2.24) is 4.90 Å². The maximum atomic E-state index is 12.9. The number of hydrogen-bond donors (Lipinski definition) is 1. The summed E-state index contributed by atoms with van der Waals surface area (Å²) in [7, 11) is 0. The molecule has 0 spiro atoms. The molecule has 1 aromatic rings. The first-order valence-corrected chi connectivity index (χ1v) is 8.91. The molecule has 2 aliphatic heterocycles. The second kappa shape index (κ2) is 5.99. The van der Waals surface area contributed by atoms with Crippen LogP contribution in [0.4, 0.5) is 0 Å². The van der Waals surface area contributed by atoms with E-state index in [1.807, 2.05) is 17.0 Å². The van der Waals surface area contributed by atoms with Crippen LogP contribution in [0.3, 0.4) is 0 Å². The van der Waals surface area contributed by atoms with Crippen molar-refractivity contribution in [2.75, 3.05) is 13.2 Å². The number of aliphatic hydroxyl groups excluding tert-OH is 1. The molecule has 4 nitrogen and oxygen atoms in total. The van der Waals surface area contributed by atoms with E-state index in [4.69, 9.17) is 16.3 Å². The Bertz CT molecular complexity index is 614. The summed E-state index contributed by atoms with van der Waals surface area (Å²) in [6.07, 6.45) is 5.28. The standard InChI is InChI=1S/C18H22ClNO3/c19-13-5-6-15-14(8-13)17-18(23-15)12(10-21)9-20(17)16(22)7-11-3-1-2-4-11/h5-6,8,11-12,17-18,21H,1-4,7,9-10H2/t12-,17-,18-/m0/s1. The van der Waals surface area contributed by atoms with Gasteiger partial charge in [-0.1, -0.05) is 24.4 Å². The van der Waals surface area contributed by atoms with Crippen LogP contribution < -0.4 is 4.74 Å². The minimum absolute atomic E-state index is 0.0290. The number of halogens is 1. The third-order valence-corrected chi connectivity index (χ3v) is 5.82. The molecule has 0 radical (unpaired) electrons. The van der Waals surface area contributed by atoms with E-state index in [2.05, 4.69) is 0 Å². The average Bonchev–Trinajstić information content (AvgIpc) is 3.22. The van der Waals surface area contributed by atoms with Gasteiger partial charge < -0.3 is 14.7 Å². The van der Waals surface area contributed by atoms with Crippen LogP contribution in [0.2, 0.25) is 5.02 Å². The Morgan fingerprint density at radius 3 is 2.87 bits per heavy atom. The van der Waals surface area contributed by atoms with Crippen molar-refractivity contribution in [2.24, 2.45) is 11.8 Å². The fraction of sp³-hybridized carbons (Fsp3) is 0.611. The number of likely N-dealkylation sites (tertiary alicyclic amines) is 1. The van der Waals surface area contributed by atoms with E-state index in [1.54, 1.807) is 6.07 Å². The average molecular weight is 336 g/mol. The zero-order valence-corrected chi connectivity index (χ0v) is 13.8. The van der Waals surface area contributed by atoms with Gasteiger partial charge in [0.05, 0.1) is 12.6 Å². The molecule has 4 rings (SSSR count). The van der Waals surface area contributed by atoms with Gasteiger partial charge in [0.1, 0.15) is 11.9 Å². The Balaban J connectivity index is 1.60. The molecule has 3 atom stereocenters. The van der Waals surface area contributed by atoms with Gasteiger partial charge in [-0.15, -0.1) is 0 Å². The fourth-order valence-electron chi connectivity index (χ4n) is 4.41. The van der Waals surface area contributed by atoms with Crippen molar-refractivity contribution in [3.63, 3.8) is 0 Å². The molecule has 1 N–H and O–H groups in total. The third-order valence-electron chi connectivity index (χ3n) is 5.59. The summed E-state index contributed by atoms with van der Waals surface area (Å²) < 4.78 is 6.03. The van der Waals surface area contributed by atoms with Gasteiger partial charge in [0, 0.05) is 29.5 Å². The lowest BCUT2D eigenvalue weighted by Crippen LogP contribution is -2.33. The summed E-state index contributed by atoms with van der Waals surface area (Å²) >= 11 is 6.14. The largest absolute Gasteiger partial charge is 0.487 e. The van der Waals surface area contributed by atoms with Crippen molar-refractivity contribution in [3.8, 4) is 5.75 Å². The van der Waals surface area contributed by atoms with Crippen LogP contribution in [0.15, 0.2) is 18.2 Å². The fourth-order valence-corrected chi connectivity index (χ4v) is 4.59. The highest BCUT2D eigenvalue weighted by Crippen LogP contribution is 2.48. The van der Waals surface area contributed by atoms with Gasteiger partial charge in [-0.2, -0.15) is 0 Å². The summed E-state index contributed by atoms with van der Waals surface area (Å²) in [6, 6.07) is 5.47. The van der Waals surface area contributed by atoms with Crippen LogP contribution in [-0.2, 0) is 4.79 Å². The maximum absolute atomic E-state index is 12.9. The van der Waals surface area contributed by atoms with E-state index in [-0.39, 0.29) is 30.6 Å². The van der Waals surface area contributed by atoms with E-state index in [0.717, 1.165) is 24.2 Å². The van der Waals surface area contributed by atoms with Gasteiger partial charge in [0.15, 0.2) is 0 Å². The summed E-state index contributed by atoms with van der Waals surface area (Å²) in [6.45, 7) is 0.611. The van der Waals surface area contributed by atoms with Crippen molar-refractivity contribution in [2.45, 2.75) is 44.2 Å².